The van der Waals surface area contributed by atoms with Crippen molar-refractivity contribution in [2.75, 3.05) is 13.2 Å². The second-order valence-corrected chi connectivity index (χ2v) is 5.77. The largest absolute Gasteiger partial charge is 0.494 e. The van der Waals surface area contributed by atoms with E-state index in [0.717, 1.165) is 18.9 Å². The van der Waals surface area contributed by atoms with Gasteiger partial charge in [0.2, 0.25) is 0 Å². The van der Waals surface area contributed by atoms with E-state index in [-0.39, 0.29) is 0 Å². The smallest absolute Gasteiger partial charge is 0.119 e. The quantitative estimate of drug-likeness (QED) is 0.698. The van der Waals surface area contributed by atoms with Gasteiger partial charge in [-0.2, -0.15) is 0 Å². The number of unbranched alkanes of at least 4 members (excludes halogenated alkanes) is 3. The first-order valence-corrected chi connectivity index (χ1v) is 8.34. The number of hydrogen-bond donors (Lipinski definition) is 1. The van der Waals surface area contributed by atoms with E-state index in [1.54, 1.807) is 0 Å². The fraction of sp³-hybridized carbons (Fsp3) is 0.667. The van der Waals surface area contributed by atoms with Crippen LogP contribution in [0.25, 0.3) is 0 Å². The Labute approximate surface area is 123 Å². The molecule has 0 saturated heterocycles. The first kappa shape index (κ1) is 15.4. The Morgan fingerprint density at radius 1 is 1.20 bits per heavy atom. The molecular formula is C18H29NO. The van der Waals surface area contributed by atoms with Gasteiger partial charge < -0.3 is 10.1 Å². The van der Waals surface area contributed by atoms with Gasteiger partial charge in [0.15, 0.2) is 0 Å². The molecule has 20 heavy (non-hydrogen) atoms. The minimum Gasteiger partial charge on any atom is -0.494 e. The van der Waals surface area contributed by atoms with Crippen LogP contribution in [0.2, 0.25) is 0 Å². The molecule has 1 aromatic carbocycles. The van der Waals surface area contributed by atoms with Crippen LogP contribution < -0.4 is 10.1 Å². The van der Waals surface area contributed by atoms with Gasteiger partial charge in [-0.05, 0) is 55.5 Å². The zero-order valence-corrected chi connectivity index (χ0v) is 13.1. The van der Waals surface area contributed by atoms with Crippen LogP contribution in [0.3, 0.4) is 0 Å². The average Bonchev–Trinajstić information content (AvgIpc) is 2.47. The van der Waals surface area contributed by atoms with Crippen LogP contribution in [0.1, 0.15) is 69.5 Å². The van der Waals surface area contributed by atoms with Gasteiger partial charge in [0.25, 0.3) is 0 Å². The Balaban J connectivity index is 1.90. The molecule has 0 heterocycles. The van der Waals surface area contributed by atoms with Gasteiger partial charge in [-0.15, -0.1) is 0 Å². The van der Waals surface area contributed by atoms with Crippen molar-refractivity contribution in [3.8, 4) is 5.75 Å². The van der Waals surface area contributed by atoms with E-state index < -0.39 is 0 Å². The summed E-state index contributed by atoms with van der Waals surface area (Å²) < 4.78 is 5.89. The average molecular weight is 275 g/mol. The number of nitrogens with one attached hydrogen (secondary N) is 1. The van der Waals surface area contributed by atoms with E-state index in [1.165, 1.54) is 56.1 Å². The lowest BCUT2D eigenvalue weighted by Gasteiger charge is -2.26. The normalized spacial score (nSPS) is 17.8. The number of rotatable bonds is 8. The van der Waals surface area contributed by atoms with E-state index in [2.05, 4.69) is 37.4 Å². The van der Waals surface area contributed by atoms with E-state index in [1.807, 2.05) is 0 Å². The molecule has 2 rings (SSSR count). The number of hydrogen-bond acceptors (Lipinski definition) is 2. The van der Waals surface area contributed by atoms with Crippen molar-refractivity contribution in [1.82, 2.24) is 5.32 Å². The molecule has 112 valence electrons. The predicted octanol–water partition coefficient (Wildman–Crippen LogP) is 4.63. The van der Waals surface area contributed by atoms with E-state index in [4.69, 9.17) is 4.74 Å². The third kappa shape index (κ3) is 4.24. The molecule has 2 heteroatoms. The molecule has 0 bridgehead atoms. The molecule has 1 atom stereocenters. The molecule has 0 amide bonds. The summed E-state index contributed by atoms with van der Waals surface area (Å²) in [5.74, 6) is 1.05. The molecule has 1 unspecified atom stereocenters. The maximum atomic E-state index is 5.89. The molecule has 1 aliphatic rings. The minimum absolute atomic E-state index is 0.544. The molecule has 2 nitrogen and oxygen atoms in total. The van der Waals surface area contributed by atoms with E-state index >= 15 is 0 Å². The Morgan fingerprint density at radius 3 is 2.90 bits per heavy atom. The Kier molecular flexibility index (Phi) is 6.38. The second-order valence-electron chi connectivity index (χ2n) is 5.77. The Morgan fingerprint density at radius 2 is 2.10 bits per heavy atom. The molecule has 0 aliphatic heterocycles. The molecule has 0 radical (unpaired) electrons. The lowest BCUT2D eigenvalue weighted by Crippen LogP contribution is -2.24. The van der Waals surface area contributed by atoms with Gasteiger partial charge in [-0.3, -0.25) is 0 Å². The summed E-state index contributed by atoms with van der Waals surface area (Å²) in [6.45, 7) is 6.32. The van der Waals surface area contributed by atoms with Gasteiger partial charge in [0.1, 0.15) is 5.75 Å². The fourth-order valence-electron chi connectivity index (χ4n) is 3.06. The summed E-state index contributed by atoms with van der Waals surface area (Å²) >= 11 is 0. The molecule has 0 saturated carbocycles. The Bertz CT molecular complexity index is 402. The van der Waals surface area contributed by atoms with Crippen LogP contribution in [-0.4, -0.2) is 13.2 Å². The van der Waals surface area contributed by atoms with Crippen LogP contribution in [0.15, 0.2) is 18.2 Å². The molecular weight excluding hydrogens is 246 g/mol. The van der Waals surface area contributed by atoms with Crippen molar-refractivity contribution in [2.45, 2.75) is 64.8 Å². The van der Waals surface area contributed by atoms with Crippen LogP contribution in [0.5, 0.6) is 5.75 Å². The summed E-state index contributed by atoms with van der Waals surface area (Å²) in [6.07, 6.45) is 8.80. The monoisotopic (exact) mass is 275 g/mol. The lowest BCUT2D eigenvalue weighted by molar-refractivity contribution is 0.304. The zero-order chi connectivity index (χ0) is 14.2. The van der Waals surface area contributed by atoms with Crippen molar-refractivity contribution in [2.24, 2.45) is 0 Å². The predicted molar refractivity (Wildman–Crippen MR) is 85.4 cm³/mol. The molecule has 1 aliphatic carbocycles. The summed E-state index contributed by atoms with van der Waals surface area (Å²) in [6, 6.07) is 7.22. The number of benzene rings is 1. The minimum atomic E-state index is 0.544. The van der Waals surface area contributed by atoms with Crippen LogP contribution in [0, 0.1) is 0 Å². The van der Waals surface area contributed by atoms with Crippen LogP contribution in [-0.2, 0) is 6.42 Å². The summed E-state index contributed by atoms with van der Waals surface area (Å²) in [5.41, 5.74) is 2.96. The zero-order valence-electron chi connectivity index (χ0n) is 13.1. The third-order valence-electron chi connectivity index (χ3n) is 4.15. The van der Waals surface area contributed by atoms with Gasteiger partial charge in [0, 0.05) is 6.04 Å². The van der Waals surface area contributed by atoms with Crippen molar-refractivity contribution >= 4 is 0 Å². The molecule has 0 aromatic heterocycles. The van der Waals surface area contributed by atoms with E-state index in [0.29, 0.717) is 6.04 Å². The molecule has 0 fully saturated rings. The molecule has 1 N–H and O–H groups in total. The number of aryl methyl sites for hydroxylation is 1. The van der Waals surface area contributed by atoms with Gasteiger partial charge in [-0.25, -0.2) is 0 Å². The fourth-order valence-corrected chi connectivity index (χ4v) is 3.06. The van der Waals surface area contributed by atoms with Crippen LogP contribution >= 0.6 is 0 Å². The number of ether oxygens (including phenoxy) is 1. The van der Waals surface area contributed by atoms with Crippen molar-refractivity contribution in [3.05, 3.63) is 29.3 Å². The first-order chi connectivity index (χ1) is 9.85. The van der Waals surface area contributed by atoms with Crippen molar-refractivity contribution in [3.63, 3.8) is 0 Å². The highest BCUT2D eigenvalue weighted by atomic mass is 16.5. The van der Waals surface area contributed by atoms with Gasteiger partial charge in [-0.1, -0.05) is 39.2 Å². The summed E-state index contributed by atoms with van der Waals surface area (Å²) in [4.78, 5) is 0. The number of fused-ring (bicyclic) bond motifs is 1. The van der Waals surface area contributed by atoms with Gasteiger partial charge in [0.05, 0.1) is 6.61 Å². The maximum absolute atomic E-state index is 5.89. The van der Waals surface area contributed by atoms with Crippen LogP contribution in [0.4, 0.5) is 0 Å². The SMILES string of the molecule is CCCCCCOc1ccc2c(c1)CCCC2NCC. The van der Waals surface area contributed by atoms with Crippen molar-refractivity contribution < 1.29 is 4.74 Å². The van der Waals surface area contributed by atoms with Gasteiger partial charge >= 0.3 is 0 Å². The third-order valence-corrected chi connectivity index (χ3v) is 4.15. The van der Waals surface area contributed by atoms with E-state index in [9.17, 15) is 0 Å². The summed E-state index contributed by atoms with van der Waals surface area (Å²) in [7, 11) is 0. The highest BCUT2D eigenvalue weighted by molar-refractivity contribution is 5.39. The second kappa shape index (κ2) is 8.31. The first-order valence-electron chi connectivity index (χ1n) is 8.34. The van der Waals surface area contributed by atoms with Crippen molar-refractivity contribution in [1.29, 1.82) is 0 Å². The topological polar surface area (TPSA) is 21.3 Å². The maximum Gasteiger partial charge on any atom is 0.119 e. The molecule has 0 spiro atoms. The standard InChI is InChI=1S/C18H29NO/c1-3-5-6-7-13-20-16-11-12-17-15(14-16)9-8-10-18(17)19-4-2/h11-12,14,18-19H,3-10,13H2,1-2H3. The Hall–Kier alpha value is -1.02. The summed E-state index contributed by atoms with van der Waals surface area (Å²) in [5, 5.41) is 3.59. The highest BCUT2D eigenvalue weighted by Gasteiger charge is 2.19. The molecule has 1 aromatic rings. The highest BCUT2D eigenvalue weighted by Crippen LogP contribution is 2.32. The lowest BCUT2D eigenvalue weighted by atomic mass is 9.87.